The summed E-state index contributed by atoms with van der Waals surface area (Å²) in [6.45, 7) is 8.53. The van der Waals surface area contributed by atoms with Crippen LogP contribution < -0.4 is 0 Å². The van der Waals surface area contributed by atoms with Gasteiger partial charge in [0.2, 0.25) is 0 Å². The Balaban J connectivity index is 2.39. The second kappa shape index (κ2) is 4.79. The third kappa shape index (κ3) is 2.03. The summed E-state index contributed by atoms with van der Waals surface area (Å²) in [7, 11) is 0. The molecule has 1 heteroatoms. The monoisotopic (exact) mass is 302 g/mol. The minimum Gasteiger partial charge on any atom is -0.207 e. The average Bonchev–Trinajstić information content (AvgIpc) is 2.51. The molecule has 0 bridgehead atoms. The van der Waals surface area contributed by atoms with Gasteiger partial charge >= 0.3 is 0 Å². The molecule has 0 aliphatic carbocycles. The van der Waals surface area contributed by atoms with Crippen LogP contribution in [0.25, 0.3) is 32.3 Å². The summed E-state index contributed by atoms with van der Waals surface area (Å²) < 4.78 is 13.9. The molecule has 4 aromatic carbocycles. The van der Waals surface area contributed by atoms with Crippen LogP contribution in [-0.2, 0) is 0 Å². The lowest BCUT2D eigenvalue weighted by molar-refractivity contribution is 0.630. The fraction of sp³-hybridized carbons (Fsp3) is 0.182. The maximum absolute atomic E-state index is 13.9. The van der Waals surface area contributed by atoms with E-state index in [0.717, 1.165) is 16.2 Å². The molecule has 0 amide bonds. The van der Waals surface area contributed by atoms with Gasteiger partial charge in [-0.15, -0.1) is 0 Å². The normalized spacial score (nSPS) is 11.7. The highest BCUT2D eigenvalue weighted by Gasteiger charge is 2.12. The Bertz CT molecular complexity index is 1070. The Labute approximate surface area is 135 Å². The average molecular weight is 302 g/mol. The van der Waals surface area contributed by atoms with E-state index < -0.39 is 0 Å². The molecular weight excluding hydrogens is 283 g/mol. The molecule has 0 saturated carbocycles. The van der Waals surface area contributed by atoms with Gasteiger partial charge in [-0.05, 0) is 94.4 Å². The van der Waals surface area contributed by atoms with Gasteiger partial charge in [0.15, 0.2) is 0 Å². The minimum absolute atomic E-state index is 0.180. The summed E-state index contributed by atoms with van der Waals surface area (Å²) in [6.07, 6.45) is 0. The number of benzene rings is 4. The highest BCUT2D eigenvalue weighted by molar-refractivity contribution is 6.25. The zero-order valence-electron chi connectivity index (χ0n) is 13.9. The van der Waals surface area contributed by atoms with Crippen LogP contribution in [0.3, 0.4) is 0 Å². The molecule has 0 aromatic heterocycles. The maximum Gasteiger partial charge on any atom is 0.123 e. The first-order chi connectivity index (χ1) is 11.0. The van der Waals surface area contributed by atoms with Gasteiger partial charge in [0.05, 0.1) is 0 Å². The van der Waals surface area contributed by atoms with Crippen molar-refractivity contribution < 1.29 is 4.39 Å². The predicted molar refractivity (Wildman–Crippen MR) is 97.9 cm³/mol. The van der Waals surface area contributed by atoms with Crippen LogP contribution in [0.15, 0.2) is 42.5 Å². The molecule has 0 saturated heterocycles. The van der Waals surface area contributed by atoms with Crippen molar-refractivity contribution in [1.29, 1.82) is 0 Å². The molecule has 4 aromatic rings. The van der Waals surface area contributed by atoms with E-state index in [1.54, 1.807) is 12.1 Å². The summed E-state index contributed by atoms with van der Waals surface area (Å²) >= 11 is 0. The number of hydrogen-bond acceptors (Lipinski definition) is 0. The first-order valence-electron chi connectivity index (χ1n) is 7.99. The largest absolute Gasteiger partial charge is 0.207 e. The van der Waals surface area contributed by atoms with Crippen LogP contribution in [0.2, 0.25) is 0 Å². The smallest absolute Gasteiger partial charge is 0.123 e. The van der Waals surface area contributed by atoms with Gasteiger partial charge in [-0.1, -0.05) is 30.3 Å². The highest BCUT2D eigenvalue weighted by Crippen LogP contribution is 2.37. The van der Waals surface area contributed by atoms with Gasteiger partial charge in [-0.25, -0.2) is 4.39 Å². The third-order valence-electron chi connectivity index (χ3n) is 5.12. The maximum atomic E-state index is 13.9. The van der Waals surface area contributed by atoms with Crippen molar-refractivity contribution >= 4 is 32.3 Å². The molecular formula is C22H19F. The number of halogens is 1. The summed E-state index contributed by atoms with van der Waals surface area (Å²) in [4.78, 5) is 0. The number of hydrogen-bond donors (Lipinski definition) is 0. The quantitative estimate of drug-likeness (QED) is 0.324. The number of aryl methyl sites for hydroxylation is 4. The first-order valence-corrected chi connectivity index (χ1v) is 7.99. The van der Waals surface area contributed by atoms with Crippen molar-refractivity contribution in [2.45, 2.75) is 27.7 Å². The van der Waals surface area contributed by atoms with Crippen LogP contribution in [0.1, 0.15) is 22.3 Å². The van der Waals surface area contributed by atoms with E-state index in [2.05, 4.69) is 52.0 Å². The van der Waals surface area contributed by atoms with Crippen molar-refractivity contribution in [3.8, 4) is 0 Å². The van der Waals surface area contributed by atoms with Crippen LogP contribution in [0, 0.1) is 33.5 Å². The molecule has 0 unspecified atom stereocenters. The van der Waals surface area contributed by atoms with Crippen molar-refractivity contribution in [1.82, 2.24) is 0 Å². The minimum atomic E-state index is -0.180. The zero-order chi connectivity index (χ0) is 16.3. The van der Waals surface area contributed by atoms with E-state index in [0.29, 0.717) is 0 Å². The third-order valence-corrected chi connectivity index (χ3v) is 5.12. The van der Waals surface area contributed by atoms with E-state index in [4.69, 9.17) is 0 Å². The Morgan fingerprint density at radius 3 is 1.26 bits per heavy atom. The molecule has 0 aliphatic rings. The van der Waals surface area contributed by atoms with E-state index >= 15 is 0 Å². The zero-order valence-corrected chi connectivity index (χ0v) is 13.9. The molecule has 0 aliphatic heterocycles. The molecule has 0 spiro atoms. The molecule has 0 radical (unpaired) electrons. The SMILES string of the molecule is Cc1cc2c3ccc(F)cc3c3cc(C)c(C)cc3c2cc1C. The van der Waals surface area contributed by atoms with Gasteiger partial charge in [-0.2, -0.15) is 0 Å². The topological polar surface area (TPSA) is 0 Å². The first kappa shape index (κ1) is 14.2. The molecule has 23 heavy (non-hydrogen) atoms. The molecule has 0 nitrogen and oxygen atoms in total. The van der Waals surface area contributed by atoms with Crippen LogP contribution in [0.5, 0.6) is 0 Å². The van der Waals surface area contributed by atoms with Gasteiger partial charge in [0.25, 0.3) is 0 Å². The number of rotatable bonds is 0. The second-order valence-electron chi connectivity index (χ2n) is 6.65. The van der Waals surface area contributed by atoms with Crippen molar-refractivity contribution in [2.75, 3.05) is 0 Å². The molecule has 0 atom stereocenters. The fourth-order valence-electron chi connectivity index (χ4n) is 3.50. The van der Waals surface area contributed by atoms with Crippen LogP contribution in [-0.4, -0.2) is 0 Å². The lowest BCUT2D eigenvalue weighted by Crippen LogP contribution is -1.90. The van der Waals surface area contributed by atoms with E-state index in [-0.39, 0.29) is 5.82 Å². The molecule has 0 heterocycles. The Morgan fingerprint density at radius 1 is 0.478 bits per heavy atom. The van der Waals surface area contributed by atoms with Crippen LogP contribution in [0.4, 0.5) is 4.39 Å². The summed E-state index contributed by atoms with van der Waals surface area (Å²) in [5.41, 5.74) is 5.07. The lowest BCUT2D eigenvalue weighted by atomic mass is 9.90. The molecule has 114 valence electrons. The highest BCUT2D eigenvalue weighted by atomic mass is 19.1. The molecule has 4 rings (SSSR count). The predicted octanol–water partition coefficient (Wildman–Crippen LogP) is 6.52. The van der Waals surface area contributed by atoms with Crippen molar-refractivity contribution in [3.63, 3.8) is 0 Å². The summed E-state index contributed by atoms with van der Waals surface area (Å²) in [5, 5.41) is 6.94. The molecule has 0 N–H and O–H groups in total. The standard InChI is InChI=1S/C22H19F/c1-12-7-18-17-6-5-16(23)11-22(17)21-10-15(4)14(3)9-20(21)19(18)8-13(12)2/h5-11H,1-4H3. The van der Waals surface area contributed by atoms with Crippen LogP contribution >= 0.6 is 0 Å². The van der Waals surface area contributed by atoms with Crippen molar-refractivity contribution in [3.05, 3.63) is 70.5 Å². The van der Waals surface area contributed by atoms with Gasteiger partial charge < -0.3 is 0 Å². The van der Waals surface area contributed by atoms with E-state index in [1.165, 1.54) is 38.4 Å². The van der Waals surface area contributed by atoms with Gasteiger partial charge in [0, 0.05) is 0 Å². The second-order valence-corrected chi connectivity index (χ2v) is 6.65. The number of fused-ring (bicyclic) bond motifs is 6. The lowest BCUT2D eigenvalue weighted by Gasteiger charge is -2.14. The fourth-order valence-corrected chi connectivity index (χ4v) is 3.50. The Morgan fingerprint density at radius 2 is 0.826 bits per heavy atom. The van der Waals surface area contributed by atoms with E-state index in [9.17, 15) is 4.39 Å². The Hall–Kier alpha value is -2.41. The summed E-state index contributed by atoms with van der Waals surface area (Å²) in [6, 6.07) is 14.1. The van der Waals surface area contributed by atoms with E-state index in [1.807, 2.05) is 6.07 Å². The summed E-state index contributed by atoms with van der Waals surface area (Å²) in [5.74, 6) is -0.180. The molecule has 0 fully saturated rings. The van der Waals surface area contributed by atoms with Gasteiger partial charge in [-0.3, -0.25) is 0 Å². The van der Waals surface area contributed by atoms with Gasteiger partial charge in [0.1, 0.15) is 5.82 Å². The van der Waals surface area contributed by atoms with Crippen molar-refractivity contribution in [2.24, 2.45) is 0 Å². The Kier molecular flexibility index (Phi) is 2.96.